The highest BCUT2D eigenvalue weighted by molar-refractivity contribution is 6.24. The van der Waals surface area contributed by atoms with Crippen LogP contribution in [0.2, 0.25) is 0 Å². The number of hydrogen-bond acceptors (Lipinski definition) is 4. The van der Waals surface area contributed by atoms with Gasteiger partial charge in [0.15, 0.2) is 0 Å². The van der Waals surface area contributed by atoms with Gasteiger partial charge in [-0.1, -0.05) is 0 Å². The van der Waals surface area contributed by atoms with Crippen molar-refractivity contribution in [3.8, 4) is 0 Å². The third-order valence-electron chi connectivity index (χ3n) is 1.38. The zero-order valence-corrected chi connectivity index (χ0v) is 7.12. The zero-order valence-electron chi connectivity index (χ0n) is 7.12. The van der Waals surface area contributed by atoms with Crippen molar-refractivity contribution in [2.45, 2.75) is 18.9 Å². The molecule has 69 valence electrons. The second kappa shape index (κ2) is 7.09. The van der Waals surface area contributed by atoms with E-state index in [1.165, 1.54) is 14.7 Å². The van der Waals surface area contributed by atoms with Crippen molar-refractivity contribution in [1.82, 2.24) is 5.23 Å². The number of rotatable bonds is 7. The van der Waals surface area contributed by atoms with E-state index in [2.05, 4.69) is 9.88 Å². The minimum absolute atomic E-state index is 0.498. The Labute approximate surface area is 72.6 Å². The van der Waals surface area contributed by atoms with Gasteiger partial charge in [0.2, 0.25) is 0 Å². The molecule has 0 aliphatic rings. The molecule has 0 aliphatic carbocycles. The van der Waals surface area contributed by atoms with Gasteiger partial charge in [0, 0.05) is 7.11 Å². The van der Waals surface area contributed by atoms with Crippen LogP contribution in [0.25, 0.3) is 0 Å². The van der Waals surface area contributed by atoms with Crippen molar-refractivity contribution in [3.05, 3.63) is 0 Å². The number of carbonyl (C=O) groups is 1. The Morgan fingerprint density at radius 1 is 1.83 bits per heavy atom. The number of aliphatic carboxylic acids is 1. The van der Waals surface area contributed by atoms with E-state index in [-0.39, 0.29) is 0 Å². The molecule has 0 aromatic heterocycles. The molecule has 0 unspecified atom stereocenters. The Morgan fingerprint density at radius 2 is 2.50 bits per heavy atom. The smallest absolute Gasteiger partial charge is 0.396 e. The molecule has 0 heterocycles. The lowest BCUT2D eigenvalue weighted by Crippen LogP contribution is -2.40. The quantitative estimate of drug-likeness (QED) is 0.427. The first-order valence-corrected chi connectivity index (χ1v) is 3.75. The number of hydrogen-bond donors (Lipinski definition) is 3. The summed E-state index contributed by atoms with van der Waals surface area (Å²) < 4.78 is 4.57. The Bertz CT molecular complexity index is 126. The second-order valence-corrected chi connectivity index (χ2v) is 2.34. The monoisotopic (exact) mass is 173 g/mol. The summed E-state index contributed by atoms with van der Waals surface area (Å²) in [6, 6.07) is -0.603. The van der Waals surface area contributed by atoms with Crippen molar-refractivity contribution in [2.24, 2.45) is 5.73 Å². The summed E-state index contributed by atoms with van der Waals surface area (Å²) in [4.78, 5) is 10.5. The van der Waals surface area contributed by atoms with E-state index < -0.39 is 12.0 Å². The number of nitrogens with two attached hydrogens (primary N) is 1. The SMILES string of the molecule is CO[B]N[C@@H](CCCN)C(=O)O. The number of nitrogens with one attached hydrogen (secondary N) is 1. The van der Waals surface area contributed by atoms with Gasteiger partial charge < -0.3 is 20.7 Å². The van der Waals surface area contributed by atoms with Crippen molar-refractivity contribution in [2.75, 3.05) is 13.7 Å². The van der Waals surface area contributed by atoms with Crippen LogP contribution in [0.15, 0.2) is 0 Å². The van der Waals surface area contributed by atoms with Crippen molar-refractivity contribution < 1.29 is 14.6 Å². The summed E-state index contributed by atoms with van der Waals surface area (Å²) in [7, 11) is 2.71. The molecule has 1 atom stereocenters. The first-order valence-electron chi connectivity index (χ1n) is 3.75. The Kier molecular flexibility index (Phi) is 6.74. The van der Waals surface area contributed by atoms with Crippen LogP contribution in [0.1, 0.15) is 12.8 Å². The van der Waals surface area contributed by atoms with E-state index >= 15 is 0 Å². The normalized spacial score (nSPS) is 12.5. The fourth-order valence-corrected chi connectivity index (χ4v) is 0.750. The molecule has 0 rings (SSSR count). The van der Waals surface area contributed by atoms with Gasteiger partial charge in [-0.15, -0.1) is 0 Å². The van der Waals surface area contributed by atoms with E-state index in [0.29, 0.717) is 19.4 Å². The minimum Gasteiger partial charge on any atom is -0.480 e. The Hall–Kier alpha value is -0.585. The lowest BCUT2D eigenvalue weighted by atomic mass is 10.1. The fraction of sp³-hybridized carbons (Fsp3) is 0.833. The maximum absolute atomic E-state index is 10.5. The fourth-order valence-electron chi connectivity index (χ4n) is 0.750. The molecule has 0 aromatic rings. The average molecular weight is 173 g/mol. The standard InChI is InChI=1S/C6H14BN2O3/c1-12-7-9-5(6(10)11)3-2-4-8/h5,9H,2-4,8H2,1H3,(H,10,11)/t5-/m0/s1. The molecule has 5 nitrogen and oxygen atoms in total. The van der Waals surface area contributed by atoms with Crippen LogP contribution in [0.5, 0.6) is 0 Å². The molecule has 12 heavy (non-hydrogen) atoms. The van der Waals surface area contributed by atoms with Crippen LogP contribution in [-0.4, -0.2) is 38.4 Å². The summed E-state index contributed by atoms with van der Waals surface area (Å²) in [5, 5.41) is 11.2. The van der Waals surface area contributed by atoms with Crippen molar-refractivity contribution in [3.63, 3.8) is 0 Å². The maximum Gasteiger partial charge on any atom is 0.396 e. The van der Waals surface area contributed by atoms with Gasteiger partial charge in [-0.2, -0.15) is 0 Å². The van der Waals surface area contributed by atoms with Crippen LogP contribution >= 0.6 is 0 Å². The van der Waals surface area contributed by atoms with Gasteiger partial charge in [0.25, 0.3) is 0 Å². The highest BCUT2D eigenvalue weighted by Gasteiger charge is 2.15. The van der Waals surface area contributed by atoms with E-state index in [9.17, 15) is 4.79 Å². The van der Waals surface area contributed by atoms with Crippen LogP contribution in [-0.2, 0) is 9.45 Å². The van der Waals surface area contributed by atoms with E-state index in [1.807, 2.05) is 0 Å². The average Bonchev–Trinajstić information content (AvgIpc) is 2.04. The molecule has 0 aromatic carbocycles. The summed E-state index contributed by atoms with van der Waals surface area (Å²) in [6.07, 6.45) is 1.19. The maximum atomic E-state index is 10.5. The van der Waals surface area contributed by atoms with E-state index in [4.69, 9.17) is 10.8 Å². The van der Waals surface area contributed by atoms with Crippen LogP contribution in [0, 0.1) is 0 Å². The largest absolute Gasteiger partial charge is 0.480 e. The van der Waals surface area contributed by atoms with E-state index in [0.717, 1.165) is 0 Å². The van der Waals surface area contributed by atoms with Crippen LogP contribution in [0.3, 0.4) is 0 Å². The molecule has 0 aliphatic heterocycles. The Balaban J connectivity index is 3.62. The Morgan fingerprint density at radius 3 is 2.92 bits per heavy atom. The van der Waals surface area contributed by atoms with Crippen LogP contribution in [0.4, 0.5) is 0 Å². The van der Waals surface area contributed by atoms with Gasteiger partial charge in [-0.3, -0.25) is 4.79 Å². The molecule has 0 amide bonds. The molecule has 1 radical (unpaired) electrons. The third-order valence-corrected chi connectivity index (χ3v) is 1.38. The third kappa shape index (κ3) is 5.12. The predicted octanol–water partition coefficient (Wildman–Crippen LogP) is -1.05. The molecule has 6 heteroatoms. The minimum atomic E-state index is -0.892. The molecular weight excluding hydrogens is 159 g/mol. The number of carboxylic acid groups (broad SMARTS) is 1. The number of carboxylic acids is 1. The van der Waals surface area contributed by atoms with Crippen molar-refractivity contribution in [1.29, 1.82) is 0 Å². The first kappa shape index (κ1) is 11.4. The van der Waals surface area contributed by atoms with Gasteiger partial charge in [-0.25, -0.2) is 0 Å². The molecule has 0 saturated carbocycles. The molecule has 0 fully saturated rings. The summed E-state index contributed by atoms with van der Waals surface area (Å²) >= 11 is 0. The molecule has 0 bridgehead atoms. The first-order chi connectivity index (χ1) is 5.72. The second-order valence-electron chi connectivity index (χ2n) is 2.34. The summed E-state index contributed by atoms with van der Waals surface area (Å²) in [5.74, 6) is -0.892. The molecule has 4 N–H and O–H groups in total. The summed E-state index contributed by atoms with van der Waals surface area (Å²) in [6.45, 7) is 0.498. The van der Waals surface area contributed by atoms with Crippen LogP contribution < -0.4 is 11.0 Å². The van der Waals surface area contributed by atoms with Gasteiger partial charge >= 0.3 is 13.6 Å². The van der Waals surface area contributed by atoms with Gasteiger partial charge in [-0.05, 0) is 19.4 Å². The summed E-state index contributed by atoms with van der Waals surface area (Å²) in [5.41, 5.74) is 5.24. The zero-order chi connectivity index (χ0) is 9.40. The topological polar surface area (TPSA) is 84.6 Å². The lowest BCUT2D eigenvalue weighted by Gasteiger charge is -2.11. The predicted molar refractivity (Wildman–Crippen MR) is 45.6 cm³/mol. The van der Waals surface area contributed by atoms with E-state index in [1.54, 1.807) is 0 Å². The van der Waals surface area contributed by atoms with Gasteiger partial charge in [0.05, 0.1) is 6.04 Å². The lowest BCUT2D eigenvalue weighted by molar-refractivity contribution is -0.139. The van der Waals surface area contributed by atoms with Crippen molar-refractivity contribution >= 4 is 13.6 Å². The molecular formula is C6H14BN2O3. The molecule has 0 spiro atoms. The highest BCUT2D eigenvalue weighted by atomic mass is 16.4. The molecule has 0 saturated heterocycles. The van der Waals surface area contributed by atoms with Gasteiger partial charge in [0.1, 0.15) is 0 Å². The highest BCUT2D eigenvalue weighted by Crippen LogP contribution is 1.95.